The van der Waals surface area contributed by atoms with Crippen molar-refractivity contribution in [3.63, 3.8) is 0 Å². The predicted octanol–water partition coefficient (Wildman–Crippen LogP) is 2.33. The van der Waals surface area contributed by atoms with Crippen LogP contribution in [0.2, 0.25) is 0 Å². The van der Waals surface area contributed by atoms with Gasteiger partial charge < -0.3 is 4.90 Å². The maximum Gasteiger partial charge on any atom is 0.227 e. The van der Waals surface area contributed by atoms with Crippen molar-refractivity contribution in [1.82, 2.24) is 4.90 Å². The summed E-state index contributed by atoms with van der Waals surface area (Å²) >= 11 is 0. The highest BCUT2D eigenvalue weighted by Crippen LogP contribution is 2.16. The minimum absolute atomic E-state index is 0.0602. The molecule has 0 fully saturated rings. The quantitative estimate of drug-likeness (QED) is 0.687. The Hall–Kier alpha value is -1.79. The van der Waals surface area contributed by atoms with Crippen LogP contribution in [0.1, 0.15) is 12.0 Å². The highest BCUT2D eigenvalue weighted by atomic mass is 16.2. The molecule has 0 saturated carbocycles. The second kappa shape index (κ2) is 5.18. The van der Waals surface area contributed by atoms with E-state index in [0.717, 1.165) is 11.1 Å². The molecular weight excluding hydrogens is 186 g/mol. The molecule has 0 saturated heterocycles. The van der Waals surface area contributed by atoms with Crippen molar-refractivity contribution in [2.75, 3.05) is 14.1 Å². The van der Waals surface area contributed by atoms with Gasteiger partial charge in [0.2, 0.25) is 5.91 Å². The van der Waals surface area contributed by atoms with E-state index in [1.165, 1.54) is 0 Å². The van der Waals surface area contributed by atoms with Gasteiger partial charge in [0.25, 0.3) is 0 Å². The summed E-state index contributed by atoms with van der Waals surface area (Å²) in [5, 5.41) is 0. The monoisotopic (exact) mass is 201 g/mol. The Balaban J connectivity index is 2.84. The summed E-state index contributed by atoms with van der Waals surface area (Å²) in [7, 11) is 3.49. The molecule has 78 valence electrons. The van der Waals surface area contributed by atoms with E-state index in [9.17, 15) is 4.79 Å². The summed E-state index contributed by atoms with van der Waals surface area (Å²) in [6.45, 7) is 3.62. The third-order valence-corrected chi connectivity index (χ3v) is 2.16. The first kappa shape index (κ1) is 11.3. The van der Waals surface area contributed by atoms with Crippen molar-refractivity contribution in [3.8, 4) is 0 Å². The smallest absolute Gasteiger partial charge is 0.227 e. The maximum atomic E-state index is 11.5. The number of nitrogens with zero attached hydrogens (tertiary/aromatic N) is 1. The van der Waals surface area contributed by atoms with Gasteiger partial charge in [0.05, 0.1) is 6.42 Å². The first-order chi connectivity index (χ1) is 7.15. The van der Waals surface area contributed by atoms with E-state index < -0.39 is 0 Å². The maximum absolute atomic E-state index is 11.5. The Bertz CT molecular complexity index is 386. The summed E-state index contributed by atoms with van der Waals surface area (Å²) in [5.74, 6) is 0.0602. The SMILES string of the molecule is C=C=C(CC(=O)N(C)C)c1ccccc1. The molecule has 0 radical (unpaired) electrons. The Morgan fingerprint density at radius 2 is 1.93 bits per heavy atom. The minimum Gasteiger partial charge on any atom is -0.349 e. The zero-order chi connectivity index (χ0) is 11.3. The third-order valence-electron chi connectivity index (χ3n) is 2.16. The van der Waals surface area contributed by atoms with Gasteiger partial charge in [0.1, 0.15) is 0 Å². The van der Waals surface area contributed by atoms with E-state index in [1.807, 2.05) is 30.3 Å². The number of rotatable bonds is 3. The van der Waals surface area contributed by atoms with Gasteiger partial charge >= 0.3 is 0 Å². The van der Waals surface area contributed by atoms with Crippen molar-refractivity contribution in [2.24, 2.45) is 0 Å². The zero-order valence-corrected chi connectivity index (χ0v) is 9.16. The number of hydrogen-bond acceptors (Lipinski definition) is 1. The van der Waals surface area contributed by atoms with Crippen molar-refractivity contribution < 1.29 is 4.79 Å². The van der Waals surface area contributed by atoms with Crippen LogP contribution in [0, 0.1) is 0 Å². The Kier molecular flexibility index (Phi) is 3.90. The number of amides is 1. The molecule has 0 atom stereocenters. The molecule has 1 aromatic carbocycles. The summed E-state index contributed by atoms with van der Waals surface area (Å²) < 4.78 is 0. The first-order valence-corrected chi connectivity index (χ1v) is 4.79. The van der Waals surface area contributed by atoms with Gasteiger partial charge in [0.15, 0.2) is 0 Å². The second-order valence-corrected chi connectivity index (χ2v) is 3.49. The molecular formula is C13H15NO. The fourth-order valence-electron chi connectivity index (χ4n) is 1.22. The topological polar surface area (TPSA) is 20.3 Å². The van der Waals surface area contributed by atoms with Crippen LogP contribution in [-0.2, 0) is 4.79 Å². The van der Waals surface area contributed by atoms with E-state index in [2.05, 4.69) is 12.3 Å². The fraction of sp³-hybridized carbons (Fsp3) is 0.231. The Labute approximate surface area is 90.5 Å². The van der Waals surface area contributed by atoms with E-state index in [4.69, 9.17) is 0 Å². The second-order valence-electron chi connectivity index (χ2n) is 3.49. The standard InChI is InChI=1S/C13H15NO/c1-4-11(10-13(15)14(2)3)12-8-6-5-7-9-12/h5-9H,1,10H2,2-3H3. The highest BCUT2D eigenvalue weighted by molar-refractivity contribution is 5.88. The predicted molar refractivity (Wildman–Crippen MR) is 62.3 cm³/mol. The number of carbonyl (C=O) groups is 1. The molecule has 0 aliphatic rings. The molecule has 2 heteroatoms. The Morgan fingerprint density at radius 3 is 2.40 bits per heavy atom. The van der Waals surface area contributed by atoms with Crippen LogP contribution < -0.4 is 0 Å². The van der Waals surface area contributed by atoms with Crippen LogP contribution in [0.25, 0.3) is 5.57 Å². The van der Waals surface area contributed by atoms with E-state index in [0.29, 0.717) is 6.42 Å². The van der Waals surface area contributed by atoms with E-state index in [1.54, 1.807) is 19.0 Å². The molecule has 1 amide bonds. The molecule has 0 bridgehead atoms. The van der Waals surface area contributed by atoms with Crippen LogP contribution in [0.5, 0.6) is 0 Å². The van der Waals surface area contributed by atoms with Crippen LogP contribution in [0.15, 0.2) is 42.6 Å². The third kappa shape index (κ3) is 3.12. The van der Waals surface area contributed by atoms with Crippen molar-refractivity contribution in [1.29, 1.82) is 0 Å². The number of benzene rings is 1. The van der Waals surface area contributed by atoms with Gasteiger partial charge in [-0.2, -0.15) is 0 Å². The summed E-state index contributed by atoms with van der Waals surface area (Å²) in [6.07, 6.45) is 0.348. The van der Waals surface area contributed by atoms with Gasteiger partial charge in [-0.3, -0.25) is 4.79 Å². The van der Waals surface area contributed by atoms with Crippen LogP contribution in [-0.4, -0.2) is 24.9 Å². The molecule has 0 N–H and O–H groups in total. The lowest BCUT2D eigenvalue weighted by atomic mass is 10.0. The molecule has 0 spiro atoms. The molecule has 1 rings (SSSR count). The van der Waals surface area contributed by atoms with Crippen LogP contribution >= 0.6 is 0 Å². The largest absolute Gasteiger partial charge is 0.349 e. The van der Waals surface area contributed by atoms with Gasteiger partial charge in [0, 0.05) is 19.7 Å². The van der Waals surface area contributed by atoms with Crippen molar-refractivity contribution in [3.05, 3.63) is 48.2 Å². The van der Waals surface area contributed by atoms with Crippen molar-refractivity contribution >= 4 is 11.5 Å². The van der Waals surface area contributed by atoms with Crippen LogP contribution in [0.3, 0.4) is 0 Å². The van der Waals surface area contributed by atoms with Crippen molar-refractivity contribution in [2.45, 2.75) is 6.42 Å². The molecule has 1 aromatic rings. The average Bonchev–Trinajstić information content (AvgIpc) is 2.26. The lowest BCUT2D eigenvalue weighted by Crippen LogP contribution is -2.21. The summed E-state index contributed by atoms with van der Waals surface area (Å²) in [4.78, 5) is 13.1. The van der Waals surface area contributed by atoms with Gasteiger partial charge in [-0.05, 0) is 5.56 Å². The Morgan fingerprint density at radius 1 is 1.33 bits per heavy atom. The lowest BCUT2D eigenvalue weighted by Gasteiger charge is -2.11. The fourth-order valence-corrected chi connectivity index (χ4v) is 1.22. The lowest BCUT2D eigenvalue weighted by molar-refractivity contribution is -0.127. The molecule has 0 unspecified atom stereocenters. The van der Waals surface area contributed by atoms with E-state index >= 15 is 0 Å². The average molecular weight is 201 g/mol. The normalized spacial score (nSPS) is 9.20. The van der Waals surface area contributed by atoms with Gasteiger partial charge in [-0.1, -0.05) is 36.9 Å². The molecule has 0 heterocycles. The molecule has 0 aromatic heterocycles. The summed E-state index contributed by atoms with van der Waals surface area (Å²) in [5.41, 5.74) is 4.67. The van der Waals surface area contributed by atoms with Gasteiger partial charge in [-0.15, -0.1) is 5.73 Å². The minimum atomic E-state index is 0.0602. The number of hydrogen-bond donors (Lipinski definition) is 0. The van der Waals surface area contributed by atoms with E-state index in [-0.39, 0.29) is 5.91 Å². The molecule has 0 aliphatic carbocycles. The highest BCUT2D eigenvalue weighted by Gasteiger charge is 2.08. The molecule has 15 heavy (non-hydrogen) atoms. The zero-order valence-electron chi connectivity index (χ0n) is 9.16. The molecule has 2 nitrogen and oxygen atoms in total. The summed E-state index contributed by atoms with van der Waals surface area (Å²) in [6, 6.07) is 9.73. The van der Waals surface area contributed by atoms with Gasteiger partial charge in [-0.25, -0.2) is 0 Å². The molecule has 0 aliphatic heterocycles. The van der Waals surface area contributed by atoms with Crippen LogP contribution in [0.4, 0.5) is 0 Å². The number of carbonyl (C=O) groups excluding carboxylic acids is 1. The first-order valence-electron chi connectivity index (χ1n) is 4.79.